The molecule has 2 nitrogen and oxygen atoms in total. The van der Waals surface area contributed by atoms with E-state index in [0.29, 0.717) is 18.5 Å². The molecule has 5 heteroatoms. The monoisotopic (exact) mass is 321 g/mol. The summed E-state index contributed by atoms with van der Waals surface area (Å²) >= 11 is 5.04. The molecule has 0 saturated heterocycles. The summed E-state index contributed by atoms with van der Waals surface area (Å²) in [6.45, 7) is 0.635. The fourth-order valence-electron chi connectivity index (χ4n) is 1.53. The van der Waals surface area contributed by atoms with Gasteiger partial charge in [0.2, 0.25) is 0 Å². The van der Waals surface area contributed by atoms with Crippen molar-refractivity contribution in [3.05, 3.63) is 34.1 Å². The largest absolute Gasteiger partial charge is 0.396 e. The average Bonchev–Trinajstić information content (AvgIpc) is 2.30. The number of nitrogens with one attached hydrogen (secondary N) is 1. The summed E-state index contributed by atoms with van der Waals surface area (Å²) in [6.07, 6.45) is 2.71. The van der Waals surface area contributed by atoms with Gasteiger partial charge in [0.1, 0.15) is 5.82 Å². The van der Waals surface area contributed by atoms with Crippen molar-refractivity contribution < 1.29 is 9.50 Å². The number of aliphatic hydroxyl groups is 1. The van der Waals surface area contributed by atoms with Crippen molar-refractivity contribution >= 4 is 27.7 Å². The number of benzene rings is 1. The van der Waals surface area contributed by atoms with Crippen molar-refractivity contribution in [2.75, 3.05) is 18.6 Å². The van der Waals surface area contributed by atoms with Gasteiger partial charge < -0.3 is 10.4 Å². The van der Waals surface area contributed by atoms with E-state index in [4.69, 9.17) is 5.11 Å². The van der Waals surface area contributed by atoms with E-state index in [1.54, 1.807) is 23.9 Å². The smallest absolute Gasteiger partial charge is 0.127 e. The van der Waals surface area contributed by atoms with Crippen LogP contribution in [-0.4, -0.2) is 29.8 Å². The Morgan fingerprint density at radius 2 is 2.29 bits per heavy atom. The molecular weight excluding hydrogens is 305 g/mol. The van der Waals surface area contributed by atoms with Gasteiger partial charge in [0.05, 0.1) is 0 Å². The van der Waals surface area contributed by atoms with Gasteiger partial charge in [0, 0.05) is 35.0 Å². The molecular formula is C12H17BrFNOS. The van der Waals surface area contributed by atoms with Crippen LogP contribution in [0.15, 0.2) is 22.7 Å². The van der Waals surface area contributed by atoms with Gasteiger partial charge in [-0.2, -0.15) is 11.8 Å². The number of thioether (sulfide) groups is 1. The molecule has 96 valence electrons. The van der Waals surface area contributed by atoms with Crippen LogP contribution in [0, 0.1) is 5.82 Å². The Balaban J connectivity index is 2.55. The highest BCUT2D eigenvalue weighted by Crippen LogP contribution is 2.15. The Hall–Kier alpha value is -0.100. The third-order valence-electron chi connectivity index (χ3n) is 2.43. The van der Waals surface area contributed by atoms with Crippen LogP contribution in [0.1, 0.15) is 12.0 Å². The normalized spacial score (nSPS) is 12.7. The van der Waals surface area contributed by atoms with Crippen LogP contribution in [-0.2, 0) is 6.54 Å². The zero-order valence-electron chi connectivity index (χ0n) is 9.75. The minimum Gasteiger partial charge on any atom is -0.396 e. The first-order valence-electron chi connectivity index (χ1n) is 5.44. The van der Waals surface area contributed by atoms with E-state index in [2.05, 4.69) is 21.2 Å². The predicted octanol–water partition coefficient (Wildman–Crippen LogP) is 2.79. The SMILES string of the molecule is CSCC(CCO)NCc1cc(Br)ccc1F. The molecule has 17 heavy (non-hydrogen) atoms. The number of hydrogen-bond acceptors (Lipinski definition) is 3. The van der Waals surface area contributed by atoms with E-state index in [0.717, 1.165) is 10.2 Å². The summed E-state index contributed by atoms with van der Waals surface area (Å²) in [5.74, 6) is 0.712. The van der Waals surface area contributed by atoms with Gasteiger partial charge in [-0.25, -0.2) is 4.39 Å². The molecule has 1 rings (SSSR count). The molecule has 1 aromatic carbocycles. The molecule has 0 bridgehead atoms. The van der Waals surface area contributed by atoms with Crippen molar-refractivity contribution in [2.45, 2.75) is 19.0 Å². The first kappa shape index (κ1) is 15.0. The lowest BCUT2D eigenvalue weighted by molar-refractivity contribution is 0.269. The van der Waals surface area contributed by atoms with Crippen LogP contribution in [0.2, 0.25) is 0 Å². The summed E-state index contributed by atoms with van der Waals surface area (Å²) in [5.41, 5.74) is 0.642. The Bertz CT molecular complexity index is 345. The molecule has 0 saturated carbocycles. The van der Waals surface area contributed by atoms with Gasteiger partial charge in [-0.3, -0.25) is 0 Å². The van der Waals surface area contributed by atoms with Crippen molar-refractivity contribution in [1.29, 1.82) is 0 Å². The van der Waals surface area contributed by atoms with E-state index >= 15 is 0 Å². The molecule has 0 amide bonds. The zero-order valence-corrected chi connectivity index (χ0v) is 12.2. The summed E-state index contributed by atoms with van der Waals surface area (Å²) in [6, 6.07) is 5.13. The highest BCUT2D eigenvalue weighted by Gasteiger charge is 2.09. The second-order valence-corrected chi connectivity index (χ2v) is 5.61. The molecule has 1 unspecified atom stereocenters. The van der Waals surface area contributed by atoms with Gasteiger partial charge in [-0.05, 0) is 30.9 Å². The van der Waals surface area contributed by atoms with Crippen molar-refractivity contribution in [3.8, 4) is 0 Å². The zero-order chi connectivity index (χ0) is 12.7. The summed E-state index contributed by atoms with van der Waals surface area (Å²) < 4.78 is 14.4. The average molecular weight is 322 g/mol. The minimum atomic E-state index is -0.201. The third kappa shape index (κ3) is 5.38. The Morgan fingerprint density at radius 3 is 2.94 bits per heavy atom. The highest BCUT2D eigenvalue weighted by molar-refractivity contribution is 9.10. The fraction of sp³-hybridized carbons (Fsp3) is 0.500. The Morgan fingerprint density at radius 1 is 1.53 bits per heavy atom. The maximum absolute atomic E-state index is 13.5. The second kappa shape index (κ2) is 8.08. The molecule has 1 aromatic rings. The van der Waals surface area contributed by atoms with Crippen LogP contribution < -0.4 is 5.32 Å². The van der Waals surface area contributed by atoms with Crippen LogP contribution in [0.25, 0.3) is 0 Å². The lowest BCUT2D eigenvalue weighted by Crippen LogP contribution is -2.32. The van der Waals surface area contributed by atoms with Crippen LogP contribution in [0.5, 0.6) is 0 Å². The van der Waals surface area contributed by atoms with E-state index in [9.17, 15) is 4.39 Å². The van der Waals surface area contributed by atoms with Crippen LogP contribution >= 0.6 is 27.7 Å². The van der Waals surface area contributed by atoms with Gasteiger partial charge in [-0.1, -0.05) is 15.9 Å². The second-order valence-electron chi connectivity index (χ2n) is 3.78. The van der Waals surface area contributed by atoms with E-state index < -0.39 is 0 Å². The highest BCUT2D eigenvalue weighted by atomic mass is 79.9. The number of halogens is 2. The molecule has 0 aliphatic carbocycles. The lowest BCUT2D eigenvalue weighted by atomic mass is 10.2. The molecule has 0 aliphatic rings. The number of hydrogen-bond donors (Lipinski definition) is 2. The molecule has 0 fully saturated rings. The number of aliphatic hydroxyl groups excluding tert-OH is 1. The topological polar surface area (TPSA) is 32.3 Å². The van der Waals surface area contributed by atoms with Crippen LogP contribution in [0.4, 0.5) is 4.39 Å². The van der Waals surface area contributed by atoms with Gasteiger partial charge in [0.25, 0.3) is 0 Å². The predicted molar refractivity (Wildman–Crippen MR) is 74.8 cm³/mol. The summed E-state index contributed by atoms with van der Waals surface area (Å²) in [5, 5.41) is 12.2. The van der Waals surface area contributed by atoms with Crippen molar-refractivity contribution in [1.82, 2.24) is 5.32 Å². The standard InChI is InChI=1S/C12H17BrFNOS/c1-17-8-11(4-5-16)15-7-9-6-10(13)2-3-12(9)14/h2-3,6,11,15-16H,4-5,7-8H2,1H3. The summed E-state index contributed by atoms with van der Waals surface area (Å²) in [4.78, 5) is 0. The minimum absolute atomic E-state index is 0.152. The molecule has 0 radical (unpaired) electrons. The first-order valence-corrected chi connectivity index (χ1v) is 7.63. The molecule has 1 atom stereocenters. The maximum atomic E-state index is 13.5. The lowest BCUT2D eigenvalue weighted by Gasteiger charge is -2.17. The van der Waals surface area contributed by atoms with E-state index in [1.807, 2.05) is 6.26 Å². The molecule has 0 aliphatic heterocycles. The van der Waals surface area contributed by atoms with E-state index in [1.165, 1.54) is 6.07 Å². The van der Waals surface area contributed by atoms with Crippen molar-refractivity contribution in [3.63, 3.8) is 0 Å². The molecule has 0 heterocycles. The Kier molecular flexibility index (Phi) is 7.11. The third-order valence-corrected chi connectivity index (χ3v) is 3.66. The molecule has 0 spiro atoms. The maximum Gasteiger partial charge on any atom is 0.127 e. The van der Waals surface area contributed by atoms with Gasteiger partial charge in [-0.15, -0.1) is 0 Å². The summed E-state index contributed by atoms with van der Waals surface area (Å²) in [7, 11) is 0. The van der Waals surface area contributed by atoms with Crippen LogP contribution in [0.3, 0.4) is 0 Å². The number of rotatable bonds is 7. The van der Waals surface area contributed by atoms with E-state index in [-0.39, 0.29) is 18.5 Å². The first-order chi connectivity index (χ1) is 8.17. The Labute approximate surface area is 114 Å². The molecule has 0 aromatic heterocycles. The quantitative estimate of drug-likeness (QED) is 0.810. The fourth-order valence-corrected chi connectivity index (χ4v) is 2.63. The van der Waals surface area contributed by atoms with Gasteiger partial charge >= 0.3 is 0 Å². The van der Waals surface area contributed by atoms with Crippen molar-refractivity contribution in [2.24, 2.45) is 0 Å². The van der Waals surface area contributed by atoms with Gasteiger partial charge in [0.15, 0.2) is 0 Å². The molecule has 2 N–H and O–H groups in total.